The maximum atomic E-state index is 11.7. The minimum atomic E-state index is -0.300. The minimum Gasteiger partial charge on any atom is -0.436 e. The van der Waals surface area contributed by atoms with Crippen molar-refractivity contribution in [1.29, 1.82) is 0 Å². The third-order valence-corrected chi connectivity index (χ3v) is 2.47. The number of carbonyl (C=O) groups excluding carboxylic acids is 1. The quantitative estimate of drug-likeness (QED) is 0.851. The zero-order valence-electron chi connectivity index (χ0n) is 9.57. The van der Waals surface area contributed by atoms with E-state index in [9.17, 15) is 4.79 Å². The van der Waals surface area contributed by atoms with Gasteiger partial charge in [0.15, 0.2) is 11.6 Å². The van der Waals surface area contributed by atoms with Crippen LogP contribution in [0.4, 0.5) is 11.6 Å². The fourth-order valence-corrected chi connectivity index (χ4v) is 1.49. The Morgan fingerprint density at radius 3 is 2.47 bits per heavy atom. The summed E-state index contributed by atoms with van der Waals surface area (Å²) in [5.41, 5.74) is 7.37. The molecular formula is C13H14N2O2. The molecule has 88 valence electrons. The van der Waals surface area contributed by atoms with Gasteiger partial charge in [0, 0.05) is 11.8 Å². The van der Waals surface area contributed by atoms with Gasteiger partial charge in [0.25, 0.3) is 5.91 Å². The largest absolute Gasteiger partial charge is 0.436 e. The smallest absolute Gasteiger partial charge is 0.291 e. The van der Waals surface area contributed by atoms with Crippen LogP contribution in [0, 0.1) is 0 Å². The monoisotopic (exact) mass is 230 g/mol. The molecule has 0 spiro atoms. The van der Waals surface area contributed by atoms with Crippen molar-refractivity contribution in [3.63, 3.8) is 0 Å². The van der Waals surface area contributed by atoms with E-state index in [1.54, 1.807) is 12.1 Å². The maximum Gasteiger partial charge on any atom is 0.291 e. The van der Waals surface area contributed by atoms with Crippen LogP contribution in [0.3, 0.4) is 0 Å². The van der Waals surface area contributed by atoms with E-state index >= 15 is 0 Å². The Kier molecular flexibility index (Phi) is 3.14. The van der Waals surface area contributed by atoms with Crippen LogP contribution < -0.4 is 11.1 Å². The fourth-order valence-electron chi connectivity index (χ4n) is 1.49. The lowest BCUT2D eigenvalue weighted by Crippen LogP contribution is -2.10. The van der Waals surface area contributed by atoms with Crippen molar-refractivity contribution < 1.29 is 9.21 Å². The molecule has 3 N–H and O–H groups in total. The molecule has 0 bridgehead atoms. The fraction of sp³-hybridized carbons (Fsp3) is 0.154. The molecule has 0 aliphatic rings. The summed E-state index contributed by atoms with van der Waals surface area (Å²) in [5, 5.41) is 2.73. The number of nitrogens with two attached hydrogens (primary N) is 1. The Morgan fingerprint density at radius 2 is 1.94 bits per heavy atom. The molecule has 0 atom stereocenters. The van der Waals surface area contributed by atoms with E-state index in [0.717, 1.165) is 12.1 Å². The maximum absolute atomic E-state index is 11.7. The van der Waals surface area contributed by atoms with E-state index < -0.39 is 0 Å². The van der Waals surface area contributed by atoms with Crippen molar-refractivity contribution in [3.05, 3.63) is 47.7 Å². The van der Waals surface area contributed by atoms with Gasteiger partial charge < -0.3 is 15.5 Å². The summed E-state index contributed by atoms with van der Waals surface area (Å²) in [6.45, 7) is 2.08. The van der Waals surface area contributed by atoms with Crippen molar-refractivity contribution in [1.82, 2.24) is 0 Å². The van der Waals surface area contributed by atoms with E-state index in [4.69, 9.17) is 10.2 Å². The molecule has 1 aromatic heterocycles. The molecule has 0 saturated heterocycles. The predicted octanol–water partition coefficient (Wildman–Crippen LogP) is 2.68. The molecular weight excluding hydrogens is 216 g/mol. The molecule has 0 saturated carbocycles. The van der Waals surface area contributed by atoms with Gasteiger partial charge in [-0.15, -0.1) is 0 Å². The number of amides is 1. The van der Waals surface area contributed by atoms with Crippen LogP contribution in [0.5, 0.6) is 0 Å². The van der Waals surface area contributed by atoms with E-state index in [1.165, 1.54) is 5.56 Å². The van der Waals surface area contributed by atoms with Gasteiger partial charge >= 0.3 is 0 Å². The highest BCUT2D eigenvalue weighted by Gasteiger charge is 2.09. The lowest BCUT2D eigenvalue weighted by molar-refractivity contribution is 0.0997. The minimum absolute atomic E-state index is 0.210. The summed E-state index contributed by atoms with van der Waals surface area (Å²) in [6.07, 6.45) is 0.975. The second-order valence-electron chi connectivity index (χ2n) is 3.71. The topological polar surface area (TPSA) is 68.3 Å². The lowest BCUT2D eigenvalue weighted by atomic mass is 10.1. The van der Waals surface area contributed by atoms with Crippen molar-refractivity contribution >= 4 is 17.5 Å². The first-order chi connectivity index (χ1) is 8.19. The molecule has 4 nitrogen and oxygen atoms in total. The summed E-state index contributed by atoms with van der Waals surface area (Å²) in [5.74, 6) is 0.143. The van der Waals surface area contributed by atoms with E-state index in [0.29, 0.717) is 0 Å². The number of nitrogens with one attached hydrogen (secondary N) is 1. The van der Waals surface area contributed by atoms with Crippen LogP contribution in [0.1, 0.15) is 23.0 Å². The van der Waals surface area contributed by atoms with Crippen LogP contribution in [0.2, 0.25) is 0 Å². The molecule has 0 fully saturated rings. The molecule has 2 rings (SSSR count). The molecule has 2 aromatic rings. The van der Waals surface area contributed by atoms with Crippen LogP contribution >= 0.6 is 0 Å². The molecule has 1 aromatic carbocycles. The highest BCUT2D eigenvalue weighted by Crippen LogP contribution is 2.14. The predicted molar refractivity (Wildman–Crippen MR) is 66.9 cm³/mol. The normalized spacial score (nSPS) is 10.2. The van der Waals surface area contributed by atoms with E-state index in [2.05, 4.69) is 12.2 Å². The molecule has 0 aliphatic heterocycles. The number of hydrogen-bond acceptors (Lipinski definition) is 3. The number of aryl methyl sites for hydroxylation is 1. The van der Waals surface area contributed by atoms with Crippen LogP contribution in [0.25, 0.3) is 0 Å². The Morgan fingerprint density at radius 1 is 1.24 bits per heavy atom. The van der Waals surface area contributed by atoms with Gasteiger partial charge in [-0.1, -0.05) is 19.1 Å². The third-order valence-electron chi connectivity index (χ3n) is 2.47. The Hall–Kier alpha value is -2.23. The summed E-state index contributed by atoms with van der Waals surface area (Å²) in [4.78, 5) is 11.7. The average Bonchev–Trinajstić information content (AvgIpc) is 2.77. The molecule has 4 heteroatoms. The molecule has 0 aliphatic carbocycles. The summed E-state index contributed by atoms with van der Waals surface area (Å²) in [7, 11) is 0. The second kappa shape index (κ2) is 4.74. The Bertz CT molecular complexity index is 514. The highest BCUT2D eigenvalue weighted by molar-refractivity contribution is 6.02. The van der Waals surface area contributed by atoms with Crippen molar-refractivity contribution in [2.24, 2.45) is 0 Å². The number of nitrogen functional groups attached to an aromatic ring is 1. The molecule has 1 amide bonds. The Labute approximate surface area is 99.4 Å². The average molecular weight is 230 g/mol. The van der Waals surface area contributed by atoms with Crippen LogP contribution in [0.15, 0.2) is 40.8 Å². The Balaban J connectivity index is 2.07. The summed E-state index contributed by atoms with van der Waals surface area (Å²) < 4.78 is 5.03. The van der Waals surface area contributed by atoms with E-state index in [1.807, 2.05) is 24.3 Å². The molecule has 1 heterocycles. The number of benzene rings is 1. The summed E-state index contributed by atoms with van der Waals surface area (Å²) >= 11 is 0. The molecule has 17 heavy (non-hydrogen) atoms. The van der Waals surface area contributed by atoms with Crippen LogP contribution in [-0.2, 0) is 6.42 Å². The van der Waals surface area contributed by atoms with Gasteiger partial charge in [-0.05, 0) is 30.2 Å². The summed E-state index contributed by atoms with van der Waals surface area (Å²) in [6, 6.07) is 10.8. The number of furan rings is 1. The molecule has 0 unspecified atom stereocenters. The van der Waals surface area contributed by atoms with E-state index in [-0.39, 0.29) is 17.6 Å². The zero-order chi connectivity index (χ0) is 12.3. The number of hydrogen-bond donors (Lipinski definition) is 2. The third kappa shape index (κ3) is 2.66. The van der Waals surface area contributed by atoms with Gasteiger partial charge in [-0.3, -0.25) is 4.79 Å². The standard InChI is InChI=1S/C13H14N2O2/c1-2-9-3-5-10(6-4-9)15-13(16)11-7-8-12(14)17-11/h3-8H,2,14H2,1H3,(H,15,16). The second-order valence-corrected chi connectivity index (χ2v) is 3.71. The van der Waals surface area contributed by atoms with Gasteiger partial charge in [0.05, 0.1) is 0 Å². The lowest BCUT2D eigenvalue weighted by Gasteiger charge is -2.03. The van der Waals surface area contributed by atoms with Crippen molar-refractivity contribution in [3.8, 4) is 0 Å². The van der Waals surface area contributed by atoms with Gasteiger partial charge in [-0.25, -0.2) is 0 Å². The first-order valence-corrected chi connectivity index (χ1v) is 5.44. The first kappa shape index (κ1) is 11.3. The first-order valence-electron chi connectivity index (χ1n) is 5.44. The zero-order valence-corrected chi connectivity index (χ0v) is 9.57. The van der Waals surface area contributed by atoms with Crippen molar-refractivity contribution in [2.45, 2.75) is 13.3 Å². The SMILES string of the molecule is CCc1ccc(NC(=O)c2ccc(N)o2)cc1. The molecule has 0 radical (unpaired) electrons. The van der Waals surface area contributed by atoms with Gasteiger partial charge in [0.1, 0.15) is 0 Å². The number of rotatable bonds is 3. The van der Waals surface area contributed by atoms with Gasteiger partial charge in [-0.2, -0.15) is 0 Å². The van der Waals surface area contributed by atoms with Gasteiger partial charge in [0.2, 0.25) is 0 Å². The number of carbonyl (C=O) groups is 1. The van der Waals surface area contributed by atoms with Crippen molar-refractivity contribution in [2.75, 3.05) is 11.1 Å². The van der Waals surface area contributed by atoms with Crippen LogP contribution in [-0.4, -0.2) is 5.91 Å². The number of anilines is 2. The highest BCUT2D eigenvalue weighted by atomic mass is 16.4.